The molecule has 0 heterocycles. The van der Waals surface area contributed by atoms with E-state index in [1.54, 1.807) is 0 Å². The highest BCUT2D eigenvalue weighted by molar-refractivity contribution is 4.83. The van der Waals surface area contributed by atoms with Gasteiger partial charge in [0.1, 0.15) is 0 Å². The van der Waals surface area contributed by atoms with Gasteiger partial charge in [0.15, 0.2) is 0 Å². The molecule has 0 aliphatic heterocycles. The Morgan fingerprint density at radius 1 is 1.22 bits per heavy atom. The minimum atomic E-state index is -4.12. The Kier molecular flexibility index (Phi) is 6.43. The molecular formula is C13H24F3NO. The van der Waals surface area contributed by atoms with Crippen LogP contribution < -0.4 is 5.73 Å². The summed E-state index contributed by atoms with van der Waals surface area (Å²) in [6.07, 6.45) is 0.371. The summed E-state index contributed by atoms with van der Waals surface area (Å²) in [5.74, 6) is 0.335. The minimum absolute atomic E-state index is 0.0370. The van der Waals surface area contributed by atoms with Gasteiger partial charge in [-0.3, -0.25) is 0 Å². The molecule has 2 N–H and O–H groups in total. The van der Waals surface area contributed by atoms with Crippen molar-refractivity contribution in [3.8, 4) is 0 Å². The largest absolute Gasteiger partial charge is 0.389 e. The van der Waals surface area contributed by atoms with Crippen LogP contribution in [0.1, 0.15) is 51.9 Å². The average molecular weight is 267 g/mol. The zero-order valence-corrected chi connectivity index (χ0v) is 11.0. The van der Waals surface area contributed by atoms with Crippen LogP contribution in [0.4, 0.5) is 13.2 Å². The van der Waals surface area contributed by atoms with Gasteiger partial charge in [-0.2, -0.15) is 13.2 Å². The van der Waals surface area contributed by atoms with E-state index in [-0.39, 0.29) is 12.5 Å². The Bertz CT molecular complexity index is 227. The summed E-state index contributed by atoms with van der Waals surface area (Å²) in [5.41, 5.74) is 5.92. The van der Waals surface area contributed by atoms with Crippen LogP contribution in [-0.4, -0.2) is 24.9 Å². The predicted octanol–water partition coefficient (Wildman–Crippen LogP) is 3.64. The maximum atomic E-state index is 12.2. The van der Waals surface area contributed by atoms with Gasteiger partial charge in [-0.25, -0.2) is 0 Å². The molecule has 2 unspecified atom stereocenters. The summed E-state index contributed by atoms with van der Waals surface area (Å²) >= 11 is 0. The topological polar surface area (TPSA) is 35.2 Å². The minimum Gasteiger partial charge on any atom is -0.377 e. The predicted molar refractivity (Wildman–Crippen MR) is 65.3 cm³/mol. The van der Waals surface area contributed by atoms with E-state index in [0.717, 1.165) is 25.7 Å². The van der Waals surface area contributed by atoms with Gasteiger partial charge in [0, 0.05) is 19.1 Å². The standard InChI is InChI=1S/C13H24F3NO/c1-2-18-12(10-6-4-3-5-7-10)11(17)8-9-13(14,15)16/h10-12H,2-9,17H2,1H3. The first kappa shape index (κ1) is 15.8. The van der Waals surface area contributed by atoms with Crippen molar-refractivity contribution in [2.75, 3.05) is 6.61 Å². The molecule has 0 saturated heterocycles. The second kappa shape index (κ2) is 7.34. The third-order valence-electron chi connectivity index (χ3n) is 3.66. The molecule has 1 rings (SSSR count). The molecule has 0 aromatic heterocycles. The van der Waals surface area contributed by atoms with Crippen molar-refractivity contribution in [1.82, 2.24) is 0 Å². The fourth-order valence-electron chi connectivity index (χ4n) is 2.76. The van der Waals surface area contributed by atoms with Crippen LogP contribution in [-0.2, 0) is 4.74 Å². The number of hydrogen-bond donors (Lipinski definition) is 1. The smallest absolute Gasteiger partial charge is 0.377 e. The SMILES string of the molecule is CCOC(C(N)CCC(F)(F)F)C1CCCCC1. The summed E-state index contributed by atoms with van der Waals surface area (Å²) in [4.78, 5) is 0. The lowest BCUT2D eigenvalue weighted by Crippen LogP contribution is -2.43. The quantitative estimate of drug-likeness (QED) is 0.797. The van der Waals surface area contributed by atoms with Gasteiger partial charge in [0.2, 0.25) is 0 Å². The second-order valence-electron chi connectivity index (χ2n) is 5.14. The molecule has 2 atom stereocenters. The van der Waals surface area contributed by atoms with Crippen molar-refractivity contribution < 1.29 is 17.9 Å². The van der Waals surface area contributed by atoms with Crippen molar-refractivity contribution in [3.63, 3.8) is 0 Å². The lowest BCUT2D eigenvalue weighted by Gasteiger charge is -2.34. The Hall–Kier alpha value is -0.290. The van der Waals surface area contributed by atoms with Crippen molar-refractivity contribution >= 4 is 0 Å². The van der Waals surface area contributed by atoms with Crippen molar-refractivity contribution in [3.05, 3.63) is 0 Å². The van der Waals surface area contributed by atoms with Crippen molar-refractivity contribution in [1.29, 1.82) is 0 Å². The molecule has 1 aliphatic rings. The Labute approximate surface area is 107 Å². The summed E-state index contributed by atoms with van der Waals surface area (Å²) in [6.45, 7) is 2.38. The lowest BCUT2D eigenvalue weighted by molar-refractivity contribution is -0.138. The average Bonchev–Trinajstić information content (AvgIpc) is 2.33. The van der Waals surface area contributed by atoms with Crippen LogP contribution in [0.2, 0.25) is 0 Å². The van der Waals surface area contributed by atoms with Gasteiger partial charge in [-0.15, -0.1) is 0 Å². The second-order valence-corrected chi connectivity index (χ2v) is 5.14. The van der Waals surface area contributed by atoms with Crippen molar-refractivity contribution in [2.45, 2.75) is 70.2 Å². The molecule has 2 nitrogen and oxygen atoms in total. The maximum Gasteiger partial charge on any atom is 0.389 e. The summed E-state index contributed by atoms with van der Waals surface area (Å²) in [7, 11) is 0. The van der Waals surface area contributed by atoms with E-state index >= 15 is 0 Å². The van der Waals surface area contributed by atoms with Gasteiger partial charge < -0.3 is 10.5 Å². The van der Waals surface area contributed by atoms with Crippen molar-refractivity contribution in [2.24, 2.45) is 11.7 Å². The molecule has 0 aromatic rings. The number of rotatable bonds is 6. The number of alkyl halides is 3. The van der Waals surface area contributed by atoms with Gasteiger partial charge in [-0.05, 0) is 32.1 Å². The zero-order chi connectivity index (χ0) is 13.6. The molecule has 0 bridgehead atoms. The fraction of sp³-hybridized carbons (Fsp3) is 1.00. The maximum absolute atomic E-state index is 12.2. The molecule has 1 saturated carbocycles. The molecule has 0 spiro atoms. The monoisotopic (exact) mass is 267 g/mol. The van der Waals surface area contributed by atoms with E-state index in [2.05, 4.69) is 0 Å². The molecule has 1 fully saturated rings. The number of ether oxygens (including phenoxy) is 1. The number of hydrogen-bond acceptors (Lipinski definition) is 2. The molecule has 18 heavy (non-hydrogen) atoms. The van der Waals surface area contributed by atoms with E-state index in [9.17, 15) is 13.2 Å². The summed E-state index contributed by atoms with van der Waals surface area (Å²) in [6, 6.07) is -0.505. The highest BCUT2D eigenvalue weighted by Gasteiger charge is 2.33. The van der Waals surface area contributed by atoms with E-state index in [4.69, 9.17) is 10.5 Å². The van der Waals surface area contributed by atoms with Gasteiger partial charge in [-0.1, -0.05) is 19.3 Å². The molecule has 5 heteroatoms. The van der Waals surface area contributed by atoms with Crippen LogP contribution in [0.15, 0.2) is 0 Å². The molecule has 0 radical (unpaired) electrons. The third-order valence-corrected chi connectivity index (χ3v) is 3.66. The number of halogens is 3. The molecular weight excluding hydrogens is 243 g/mol. The van der Waals surface area contributed by atoms with Gasteiger partial charge in [0.05, 0.1) is 6.10 Å². The van der Waals surface area contributed by atoms with Gasteiger partial charge >= 0.3 is 6.18 Å². The van der Waals surface area contributed by atoms with E-state index in [1.165, 1.54) is 6.42 Å². The van der Waals surface area contributed by atoms with E-state index in [1.807, 2.05) is 6.92 Å². The first-order valence-electron chi connectivity index (χ1n) is 6.88. The van der Waals surface area contributed by atoms with E-state index in [0.29, 0.717) is 12.5 Å². The van der Waals surface area contributed by atoms with Crippen LogP contribution in [0.25, 0.3) is 0 Å². The highest BCUT2D eigenvalue weighted by atomic mass is 19.4. The van der Waals surface area contributed by atoms with Crippen LogP contribution >= 0.6 is 0 Å². The Morgan fingerprint density at radius 3 is 2.33 bits per heavy atom. The Morgan fingerprint density at radius 2 is 1.83 bits per heavy atom. The molecule has 0 amide bonds. The van der Waals surface area contributed by atoms with E-state index < -0.39 is 18.6 Å². The lowest BCUT2D eigenvalue weighted by atomic mass is 9.82. The Balaban J connectivity index is 2.48. The normalized spacial score (nSPS) is 21.8. The first-order valence-corrected chi connectivity index (χ1v) is 6.88. The van der Waals surface area contributed by atoms with Crippen LogP contribution in [0.3, 0.4) is 0 Å². The highest BCUT2D eigenvalue weighted by Crippen LogP contribution is 2.31. The molecule has 108 valence electrons. The molecule has 1 aliphatic carbocycles. The van der Waals surface area contributed by atoms with Crippen LogP contribution in [0, 0.1) is 5.92 Å². The summed E-state index contributed by atoms with van der Waals surface area (Å²) < 4.78 is 42.2. The first-order chi connectivity index (χ1) is 8.44. The third kappa shape index (κ3) is 5.57. The van der Waals surface area contributed by atoms with Gasteiger partial charge in [0.25, 0.3) is 0 Å². The molecule has 0 aromatic carbocycles. The summed E-state index contributed by atoms with van der Waals surface area (Å²) in [5, 5.41) is 0. The fourth-order valence-corrected chi connectivity index (χ4v) is 2.76. The van der Waals surface area contributed by atoms with Crippen LogP contribution in [0.5, 0.6) is 0 Å². The number of nitrogens with two attached hydrogens (primary N) is 1. The zero-order valence-electron chi connectivity index (χ0n) is 11.0.